The van der Waals surface area contributed by atoms with Gasteiger partial charge in [0.15, 0.2) is 19.7 Å². The van der Waals surface area contributed by atoms with Crippen LogP contribution >= 0.6 is 0 Å². The summed E-state index contributed by atoms with van der Waals surface area (Å²) in [6, 6.07) is 24.3. The van der Waals surface area contributed by atoms with E-state index < -0.39 is 56.7 Å². The Kier molecular flexibility index (Phi) is 12.0. The van der Waals surface area contributed by atoms with E-state index in [0.29, 0.717) is 26.2 Å². The van der Waals surface area contributed by atoms with Crippen molar-refractivity contribution in [1.29, 1.82) is 0 Å². The smallest absolute Gasteiger partial charge is 0.355 e. The number of benzene rings is 4. The topological polar surface area (TPSA) is 236 Å². The number of phenolic OH excluding ortho intramolecular Hbond substituents is 1. The van der Waals surface area contributed by atoms with Gasteiger partial charge in [0.05, 0.1) is 34.1 Å². The molecule has 0 saturated carbocycles. The van der Waals surface area contributed by atoms with Crippen LogP contribution in [0.4, 0.5) is 11.4 Å². The number of anilines is 2. The van der Waals surface area contributed by atoms with Gasteiger partial charge < -0.3 is 23.8 Å². The number of nitrogens with zero attached hydrogens (tertiary/aromatic N) is 2. The zero-order valence-electron chi connectivity index (χ0n) is 28.2. The molecule has 54 heavy (non-hydrogen) atoms. The summed E-state index contributed by atoms with van der Waals surface area (Å²) >= 11 is 0. The number of phenols is 1. The largest absolute Gasteiger partial charge is 0.508 e. The van der Waals surface area contributed by atoms with Crippen LogP contribution in [-0.2, 0) is 44.1 Å². The highest BCUT2D eigenvalue weighted by Gasteiger charge is 2.34. The molecule has 0 bridgehead atoms. The van der Waals surface area contributed by atoms with E-state index in [4.69, 9.17) is 9.84 Å². The van der Waals surface area contributed by atoms with E-state index >= 15 is 0 Å². The van der Waals surface area contributed by atoms with Crippen LogP contribution < -0.4 is 14.5 Å². The van der Waals surface area contributed by atoms with Crippen LogP contribution in [0.3, 0.4) is 0 Å². The fourth-order valence-corrected chi connectivity index (χ4v) is 9.52. The molecule has 0 aliphatic carbocycles. The van der Waals surface area contributed by atoms with E-state index in [9.17, 15) is 47.8 Å². The Morgan fingerprint density at radius 2 is 1.13 bits per heavy atom. The third-order valence-corrected chi connectivity index (χ3v) is 13.7. The van der Waals surface area contributed by atoms with E-state index in [1.165, 1.54) is 42.5 Å². The summed E-state index contributed by atoms with van der Waals surface area (Å²) in [4.78, 5) is 26.5. The maximum absolute atomic E-state index is 12.3. The Morgan fingerprint density at radius 3 is 1.63 bits per heavy atom. The van der Waals surface area contributed by atoms with Crippen molar-refractivity contribution in [3.05, 3.63) is 108 Å². The Labute approximate surface area is 312 Å². The van der Waals surface area contributed by atoms with Gasteiger partial charge in [-0.2, -0.15) is 16.8 Å². The summed E-state index contributed by atoms with van der Waals surface area (Å²) in [6.07, 6.45) is 0. The first kappa shape index (κ1) is 40.2. The van der Waals surface area contributed by atoms with Crippen molar-refractivity contribution < 1.29 is 61.8 Å². The van der Waals surface area contributed by atoms with E-state index in [1.54, 1.807) is 48.5 Å². The van der Waals surface area contributed by atoms with Crippen LogP contribution in [0.2, 0.25) is 0 Å². The average Bonchev–Trinajstić information content (AvgIpc) is 3.36. The first-order valence-corrected chi connectivity index (χ1v) is 22.5. The second kappa shape index (κ2) is 16.1. The highest BCUT2D eigenvalue weighted by molar-refractivity contribution is 7.91. The molecule has 16 nitrogen and oxygen atoms in total. The number of ether oxygens (including phenoxy) is 1. The summed E-state index contributed by atoms with van der Waals surface area (Å²) < 4.78 is 109. The minimum absolute atomic E-state index is 0.0463. The number of carbonyl (C=O) groups excluding carboxylic acids is 2. The van der Waals surface area contributed by atoms with Gasteiger partial charge in [0.25, 0.3) is 10.1 Å². The molecule has 3 heterocycles. The summed E-state index contributed by atoms with van der Waals surface area (Å²) in [5.74, 6) is -0.679. The lowest BCUT2D eigenvalue weighted by molar-refractivity contribution is 0.0727. The van der Waals surface area contributed by atoms with E-state index in [2.05, 4.69) is 4.18 Å². The quantitative estimate of drug-likeness (QED) is 0.127. The fraction of sp³-hybridized carbons (Fsp3) is 0.235. The molecule has 0 radical (unpaired) electrons. The number of hydrogen-bond donors (Lipinski definition) is 2. The van der Waals surface area contributed by atoms with Gasteiger partial charge in [-0.1, -0.05) is 24.3 Å². The van der Waals surface area contributed by atoms with Crippen LogP contribution in [-0.4, -0.2) is 104 Å². The molecular weight excluding hydrogens is 789 g/mol. The Morgan fingerprint density at radius 1 is 0.667 bits per heavy atom. The van der Waals surface area contributed by atoms with Gasteiger partial charge in [0.2, 0.25) is 0 Å². The molecule has 4 aromatic carbocycles. The second-order valence-corrected chi connectivity index (χ2v) is 19.5. The lowest BCUT2D eigenvalue weighted by Crippen LogP contribution is -2.40. The molecule has 2 saturated heterocycles. The molecule has 0 aromatic heterocycles. The third-order valence-electron chi connectivity index (χ3n) is 8.26. The minimum atomic E-state index is -4.56. The summed E-state index contributed by atoms with van der Waals surface area (Å²) in [5, 5.41) is 9.12. The molecule has 3 aliphatic rings. The molecule has 0 unspecified atom stereocenters. The van der Waals surface area contributed by atoms with E-state index in [-0.39, 0.29) is 50.5 Å². The molecule has 288 valence electrons. The van der Waals surface area contributed by atoms with Gasteiger partial charge >= 0.3 is 22.1 Å². The van der Waals surface area contributed by atoms with Crippen molar-refractivity contribution in [3.8, 4) is 11.5 Å². The normalized spacial score (nSPS) is 18.1. The molecule has 2 N–H and O–H groups in total. The maximum atomic E-state index is 12.3. The average molecular weight is 823 g/mol. The van der Waals surface area contributed by atoms with Gasteiger partial charge in [0, 0.05) is 37.6 Å². The Hall–Kier alpha value is -5.02. The molecule has 3 aliphatic heterocycles. The number of hydrogen-bond acceptors (Lipinski definition) is 15. The summed E-state index contributed by atoms with van der Waals surface area (Å²) in [5.41, 5.74) is 1.59. The molecule has 2 fully saturated rings. The third kappa shape index (κ3) is 10.3. The molecule has 20 heteroatoms. The lowest BCUT2D eigenvalue weighted by Gasteiger charge is -2.28. The number of aromatic hydroxyl groups is 1. The van der Waals surface area contributed by atoms with Crippen LogP contribution in [0, 0.1) is 0 Å². The van der Waals surface area contributed by atoms with Crippen molar-refractivity contribution in [2.24, 2.45) is 0 Å². The van der Waals surface area contributed by atoms with Crippen LogP contribution in [0.5, 0.6) is 11.5 Å². The van der Waals surface area contributed by atoms with Gasteiger partial charge in [0.1, 0.15) is 21.3 Å². The first-order chi connectivity index (χ1) is 25.3. The van der Waals surface area contributed by atoms with E-state index in [1.807, 2.05) is 9.80 Å². The van der Waals surface area contributed by atoms with Crippen molar-refractivity contribution in [3.63, 3.8) is 0 Å². The van der Waals surface area contributed by atoms with Crippen LogP contribution in [0.1, 0.15) is 20.7 Å². The molecule has 0 amide bonds. The molecular formula is C34H34N2O14S4. The van der Waals surface area contributed by atoms with Gasteiger partial charge in [-0.15, -0.1) is 0 Å². The monoisotopic (exact) mass is 822 g/mol. The predicted molar refractivity (Wildman–Crippen MR) is 197 cm³/mol. The predicted octanol–water partition coefficient (Wildman–Crippen LogP) is 2.56. The summed E-state index contributed by atoms with van der Waals surface area (Å²) in [7, 11) is -14.2. The summed E-state index contributed by atoms with van der Waals surface area (Å²) in [6.45, 7) is 1.85. The van der Waals surface area contributed by atoms with Crippen molar-refractivity contribution in [1.82, 2.24) is 0 Å². The lowest BCUT2D eigenvalue weighted by atomic mass is 10.2. The number of esters is 1. The maximum Gasteiger partial charge on any atom is 0.355 e. The first-order valence-electron chi connectivity index (χ1n) is 16.0. The van der Waals surface area contributed by atoms with Crippen molar-refractivity contribution in [2.75, 3.05) is 59.0 Å². The van der Waals surface area contributed by atoms with Crippen LogP contribution in [0.25, 0.3) is 0 Å². The molecule has 7 rings (SSSR count). The highest BCUT2D eigenvalue weighted by Crippen LogP contribution is 2.27. The standard InChI is InChI=1S/C17H17NO7S2.C10H13NO3S.C7H4O4S/c19-17(15-3-1-2-4-16(15)27(22,23)24)25-14-7-5-13(6-8-14)18-9-11-26(20,21)12-10-18;12-10-3-1-9(2-4-10)11-5-7-15(13,14)8-6-11;8-7-5-3-1-2-4-6(5)12(9,10)11-7/h1-8H,9-12H2,(H,22,23,24);1-4,12H,5-8H2;1-4H. The minimum Gasteiger partial charge on any atom is -0.508 e. The van der Waals surface area contributed by atoms with E-state index in [0.717, 1.165) is 17.4 Å². The fourth-order valence-electron chi connectivity index (χ4n) is 5.39. The zero-order valence-corrected chi connectivity index (χ0v) is 31.5. The highest BCUT2D eigenvalue weighted by atomic mass is 32.2. The number of sulfone groups is 2. The van der Waals surface area contributed by atoms with Crippen molar-refractivity contribution in [2.45, 2.75) is 9.79 Å². The number of fused-ring (bicyclic) bond motifs is 1. The Balaban J connectivity index is 0.000000173. The molecule has 4 aromatic rings. The molecule has 0 atom stereocenters. The number of carbonyl (C=O) groups is 2. The SMILES string of the molecule is O=C(Oc1ccc(N2CCS(=O)(=O)CC2)cc1)c1ccccc1S(=O)(=O)O.O=C1OS(=O)(=O)c2ccccc21.O=S1(=O)CCN(c2ccc(O)cc2)CC1. The van der Waals surface area contributed by atoms with Gasteiger partial charge in [-0.3, -0.25) is 4.55 Å². The molecule has 0 spiro atoms. The number of rotatable bonds is 5. The van der Waals surface area contributed by atoms with Crippen LogP contribution in [0.15, 0.2) is 107 Å². The zero-order chi connectivity index (χ0) is 39.3. The van der Waals surface area contributed by atoms with Crippen molar-refractivity contribution >= 4 is 63.2 Å². The van der Waals surface area contributed by atoms with Gasteiger partial charge in [-0.05, 0) is 72.8 Å². The van der Waals surface area contributed by atoms with Gasteiger partial charge in [-0.25, -0.2) is 26.4 Å². The second-order valence-electron chi connectivity index (χ2n) is 12.0. The Bertz CT molecular complexity index is 2440.